The summed E-state index contributed by atoms with van der Waals surface area (Å²) in [5, 5.41) is 8.48. The molecular formula is C11H9N3O2. The molecule has 0 amide bonds. The van der Waals surface area contributed by atoms with E-state index in [4.69, 9.17) is 5.11 Å². The van der Waals surface area contributed by atoms with Gasteiger partial charge in [-0.3, -0.25) is 0 Å². The fraction of sp³-hybridized carbons (Fsp3) is 0. The number of carbonyl (C=O) groups is 1. The second kappa shape index (κ2) is 4.39. The lowest BCUT2D eigenvalue weighted by Gasteiger charge is -1.97. The smallest absolute Gasteiger partial charge is 0.328 e. The van der Waals surface area contributed by atoms with E-state index in [9.17, 15) is 4.79 Å². The number of H-pyrrole nitrogens is 1. The van der Waals surface area contributed by atoms with Gasteiger partial charge in [-0.2, -0.15) is 0 Å². The summed E-state index contributed by atoms with van der Waals surface area (Å²) in [5.74, 6) is -0.642. The van der Waals surface area contributed by atoms with Crippen molar-refractivity contribution >= 4 is 12.0 Å². The zero-order valence-corrected chi connectivity index (χ0v) is 8.29. The van der Waals surface area contributed by atoms with Crippen molar-refractivity contribution in [1.29, 1.82) is 0 Å². The van der Waals surface area contributed by atoms with E-state index in [0.29, 0.717) is 5.82 Å². The molecule has 0 unspecified atom stereocenters. The number of hydrogen-bond acceptors (Lipinski definition) is 3. The fourth-order valence-corrected chi connectivity index (χ4v) is 1.24. The molecule has 0 atom stereocenters. The lowest BCUT2D eigenvalue weighted by Crippen LogP contribution is -1.91. The average molecular weight is 215 g/mol. The first-order valence-electron chi connectivity index (χ1n) is 4.63. The SMILES string of the molecule is O=C(O)/C=C/c1nccc(-c2cc[nH]c2)n1. The van der Waals surface area contributed by atoms with Gasteiger partial charge in [0.1, 0.15) is 0 Å². The molecule has 2 N–H and O–H groups in total. The van der Waals surface area contributed by atoms with E-state index in [2.05, 4.69) is 15.0 Å². The lowest BCUT2D eigenvalue weighted by atomic mass is 10.2. The predicted molar refractivity (Wildman–Crippen MR) is 58.5 cm³/mol. The van der Waals surface area contributed by atoms with Crippen LogP contribution in [0.15, 0.2) is 36.8 Å². The highest BCUT2D eigenvalue weighted by Gasteiger charge is 2.00. The largest absolute Gasteiger partial charge is 0.478 e. The number of carboxylic acids is 1. The normalized spacial score (nSPS) is 10.8. The standard InChI is InChI=1S/C11H9N3O2/c15-11(16)2-1-10-13-6-4-9(14-10)8-3-5-12-7-8/h1-7,12H,(H,15,16)/b2-1+. The maximum absolute atomic E-state index is 10.3. The van der Waals surface area contributed by atoms with E-state index < -0.39 is 5.97 Å². The van der Waals surface area contributed by atoms with Crippen LogP contribution in [-0.4, -0.2) is 26.0 Å². The van der Waals surface area contributed by atoms with Gasteiger partial charge in [0.05, 0.1) is 5.69 Å². The Balaban J connectivity index is 2.30. The molecule has 0 radical (unpaired) electrons. The zero-order valence-electron chi connectivity index (χ0n) is 8.29. The quantitative estimate of drug-likeness (QED) is 0.761. The molecule has 0 aromatic carbocycles. The first-order chi connectivity index (χ1) is 7.75. The second-order valence-corrected chi connectivity index (χ2v) is 3.07. The molecule has 2 rings (SSSR count). The van der Waals surface area contributed by atoms with Crippen LogP contribution >= 0.6 is 0 Å². The molecule has 0 aliphatic carbocycles. The number of aliphatic carboxylic acids is 1. The minimum Gasteiger partial charge on any atom is -0.478 e. The molecule has 0 saturated carbocycles. The van der Waals surface area contributed by atoms with Crippen LogP contribution < -0.4 is 0 Å². The monoisotopic (exact) mass is 215 g/mol. The molecular weight excluding hydrogens is 206 g/mol. The molecule has 2 aromatic heterocycles. The number of rotatable bonds is 3. The van der Waals surface area contributed by atoms with Crippen LogP contribution in [-0.2, 0) is 4.79 Å². The van der Waals surface area contributed by atoms with Crippen molar-refractivity contribution in [3.63, 3.8) is 0 Å². The Hall–Kier alpha value is -2.43. The van der Waals surface area contributed by atoms with Crippen LogP contribution in [0.3, 0.4) is 0 Å². The Morgan fingerprint density at radius 3 is 3.00 bits per heavy atom. The van der Waals surface area contributed by atoms with E-state index in [0.717, 1.165) is 17.3 Å². The predicted octanol–water partition coefficient (Wildman–Crippen LogP) is 1.57. The minimum atomic E-state index is -1.02. The summed E-state index contributed by atoms with van der Waals surface area (Å²) in [6, 6.07) is 3.65. The molecule has 2 heterocycles. The molecule has 16 heavy (non-hydrogen) atoms. The molecule has 5 heteroatoms. The average Bonchev–Trinajstić information content (AvgIpc) is 2.80. The number of aromatic nitrogens is 3. The van der Waals surface area contributed by atoms with Crippen LogP contribution in [0, 0.1) is 0 Å². The molecule has 80 valence electrons. The topological polar surface area (TPSA) is 78.9 Å². The number of hydrogen-bond donors (Lipinski definition) is 2. The first kappa shape index (κ1) is 10.1. The lowest BCUT2D eigenvalue weighted by molar-refractivity contribution is -0.131. The highest BCUT2D eigenvalue weighted by Crippen LogP contribution is 2.15. The molecule has 0 aliphatic rings. The van der Waals surface area contributed by atoms with Crippen molar-refractivity contribution in [3.05, 3.63) is 42.6 Å². The van der Waals surface area contributed by atoms with E-state index >= 15 is 0 Å². The molecule has 0 spiro atoms. The maximum Gasteiger partial charge on any atom is 0.328 e. The van der Waals surface area contributed by atoms with E-state index in [-0.39, 0.29) is 0 Å². The van der Waals surface area contributed by atoms with Crippen molar-refractivity contribution in [2.24, 2.45) is 0 Å². The first-order valence-corrected chi connectivity index (χ1v) is 4.63. The second-order valence-electron chi connectivity index (χ2n) is 3.07. The number of aromatic amines is 1. The van der Waals surface area contributed by atoms with Gasteiger partial charge in [-0.1, -0.05) is 0 Å². The van der Waals surface area contributed by atoms with Crippen LogP contribution in [0.4, 0.5) is 0 Å². The summed E-state index contributed by atoms with van der Waals surface area (Å²) in [4.78, 5) is 21.4. The van der Waals surface area contributed by atoms with Gasteiger partial charge in [0.15, 0.2) is 5.82 Å². The fourth-order valence-electron chi connectivity index (χ4n) is 1.24. The van der Waals surface area contributed by atoms with Gasteiger partial charge >= 0.3 is 5.97 Å². The van der Waals surface area contributed by atoms with Crippen molar-refractivity contribution in [2.75, 3.05) is 0 Å². The highest BCUT2D eigenvalue weighted by atomic mass is 16.4. The third-order valence-corrected chi connectivity index (χ3v) is 1.94. The summed E-state index contributed by atoms with van der Waals surface area (Å²) in [5.41, 5.74) is 1.69. The Morgan fingerprint density at radius 1 is 1.44 bits per heavy atom. The Labute approximate surface area is 91.5 Å². The molecule has 2 aromatic rings. The number of nitrogens with one attached hydrogen (secondary N) is 1. The molecule has 0 aliphatic heterocycles. The van der Waals surface area contributed by atoms with Gasteiger partial charge in [0, 0.05) is 30.2 Å². The van der Waals surface area contributed by atoms with E-state index in [1.165, 1.54) is 6.08 Å². The van der Waals surface area contributed by atoms with Crippen molar-refractivity contribution in [1.82, 2.24) is 15.0 Å². The van der Waals surface area contributed by atoms with Crippen LogP contribution in [0.2, 0.25) is 0 Å². The van der Waals surface area contributed by atoms with Crippen molar-refractivity contribution in [2.45, 2.75) is 0 Å². The van der Waals surface area contributed by atoms with E-state index in [1.54, 1.807) is 18.5 Å². The van der Waals surface area contributed by atoms with Gasteiger partial charge in [-0.05, 0) is 18.2 Å². The maximum atomic E-state index is 10.3. The molecule has 0 fully saturated rings. The van der Waals surface area contributed by atoms with Crippen LogP contribution in [0.1, 0.15) is 5.82 Å². The van der Waals surface area contributed by atoms with Gasteiger partial charge in [0.25, 0.3) is 0 Å². The molecule has 0 bridgehead atoms. The Morgan fingerprint density at radius 2 is 2.31 bits per heavy atom. The van der Waals surface area contributed by atoms with Gasteiger partial charge in [-0.15, -0.1) is 0 Å². The van der Waals surface area contributed by atoms with Crippen LogP contribution in [0.25, 0.3) is 17.3 Å². The summed E-state index contributed by atoms with van der Waals surface area (Å²) in [6.45, 7) is 0. The third kappa shape index (κ3) is 2.33. The van der Waals surface area contributed by atoms with Crippen molar-refractivity contribution < 1.29 is 9.90 Å². The van der Waals surface area contributed by atoms with Gasteiger partial charge < -0.3 is 10.1 Å². The third-order valence-electron chi connectivity index (χ3n) is 1.94. The Bertz CT molecular complexity index is 518. The van der Waals surface area contributed by atoms with Crippen LogP contribution in [0.5, 0.6) is 0 Å². The van der Waals surface area contributed by atoms with Gasteiger partial charge in [-0.25, -0.2) is 14.8 Å². The molecule has 5 nitrogen and oxygen atoms in total. The van der Waals surface area contributed by atoms with E-state index in [1.807, 2.05) is 12.3 Å². The summed E-state index contributed by atoms with van der Waals surface area (Å²) >= 11 is 0. The molecule has 0 saturated heterocycles. The number of carboxylic acid groups (broad SMARTS) is 1. The number of nitrogens with zero attached hydrogens (tertiary/aromatic N) is 2. The Kier molecular flexibility index (Phi) is 2.77. The zero-order chi connectivity index (χ0) is 11.4. The summed E-state index contributed by atoms with van der Waals surface area (Å²) in [6.07, 6.45) is 7.57. The van der Waals surface area contributed by atoms with Gasteiger partial charge in [0.2, 0.25) is 0 Å². The summed E-state index contributed by atoms with van der Waals surface area (Å²) < 4.78 is 0. The van der Waals surface area contributed by atoms with Crippen molar-refractivity contribution in [3.8, 4) is 11.3 Å². The highest BCUT2D eigenvalue weighted by molar-refractivity contribution is 5.84. The summed E-state index contributed by atoms with van der Waals surface area (Å²) in [7, 11) is 0. The minimum absolute atomic E-state index is 0.376.